The first-order chi connectivity index (χ1) is 8.03. The molecule has 0 aliphatic rings. The summed E-state index contributed by atoms with van der Waals surface area (Å²) in [6.07, 6.45) is -2.01. The second-order valence-corrected chi connectivity index (χ2v) is 5.67. The molecule has 2 atom stereocenters. The van der Waals surface area contributed by atoms with Crippen molar-refractivity contribution >= 4 is 12.1 Å². The van der Waals surface area contributed by atoms with Crippen LogP contribution in [0.15, 0.2) is 0 Å². The molecule has 0 saturated heterocycles. The lowest BCUT2D eigenvalue weighted by Gasteiger charge is -2.26. The van der Waals surface area contributed by atoms with Crippen LogP contribution in [0.1, 0.15) is 41.0 Å². The Kier molecular flexibility index (Phi) is 6.11. The van der Waals surface area contributed by atoms with Crippen molar-refractivity contribution in [3.8, 4) is 0 Å². The smallest absolute Gasteiger partial charge is 0.407 e. The van der Waals surface area contributed by atoms with E-state index in [9.17, 15) is 14.7 Å². The van der Waals surface area contributed by atoms with Gasteiger partial charge in [0.2, 0.25) is 0 Å². The number of carboxylic acids is 1. The number of aliphatic hydroxyl groups excluding tert-OH is 1. The summed E-state index contributed by atoms with van der Waals surface area (Å²) < 4.78 is 5.03. The van der Waals surface area contributed by atoms with Crippen LogP contribution in [0.5, 0.6) is 0 Å². The second-order valence-electron chi connectivity index (χ2n) is 5.67. The molecule has 0 aromatic rings. The Morgan fingerprint density at radius 3 is 2.11 bits per heavy atom. The molecule has 0 bridgehead atoms. The van der Waals surface area contributed by atoms with Crippen molar-refractivity contribution < 1.29 is 24.5 Å². The highest BCUT2D eigenvalue weighted by molar-refractivity contribution is 5.75. The van der Waals surface area contributed by atoms with Crippen LogP contribution < -0.4 is 5.32 Å². The lowest BCUT2D eigenvalue weighted by molar-refractivity contribution is -0.148. The maximum atomic E-state index is 11.5. The second kappa shape index (κ2) is 6.58. The highest BCUT2D eigenvalue weighted by Gasteiger charge is 2.29. The van der Waals surface area contributed by atoms with Crippen LogP contribution in [0.4, 0.5) is 4.79 Å². The van der Waals surface area contributed by atoms with Crippen LogP contribution in [-0.2, 0) is 9.53 Å². The summed E-state index contributed by atoms with van der Waals surface area (Å²) >= 11 is 0. The van der Waals surface area contributed by atoms with Gasteiger partial charge in [-0.2, -0.15) is 0 Å². The number of hydrogen-bond donors (Lipinski definition) is 3. The first-order valence-corrected chi connectivity index (χ1v) is 5.93. The molecule has 0 fully saturated rings. The van der Waals surface area contributed by atoms with Crippen molar-refractivity contribution in [3.63, 3.8) is 0 Å². The number of nitrogens with one attached hydrogen (secondary N) is 1. The molecular weight excluding hydrogens is 238 g/mol. The highest BCUT2D eigenvalue weighted by atomic mass is 16.6. The number of carbonyl (C=O) groups excluding carboxylic acids is 1. The monoisotopic (exact) mass is 261 g/mol. The van der Waals surface area contributed by atoms with Gasteiger partial charge in [0, 0.05) is 0 Å². The van der Waals surface area contributed by atoms with Crippen LogP contribution >= 0.6 is 0 Å². The number of amides is 1. The molecule has 18 heavy (non-hydrogen) atoms. The maximum Gasteiger partial charge on any atom is 0.407 e. The van der Waals surface area contributed by atoms with E-state index in [4.69, 9.17) is 9.84 Å². The summed E-state index contributed by atoms with van der Waals surface area (Å²) in [5.74, 6) is -1.23. The van der Waals surface area contributed by atoms with Crippen LogP contribution in [0.25, 0.3) is 0 Å². The molecule has 6 heteroatoms. The minimum Gasteiger partial charge on any atom is -0.479 e. The van der Waals surface area contributed by atoms with E-state index in [1.165, 1.54) is 0 Å². The van der Waals surface area contributed by atoms with E-state index in [1.54, 1.807) is 20.8 Å². The van der Waals surface area contributed by atoms with Crippen LogP contribution in [-0.4, -0.2) is 40.0 Å². The largest absolute Gasteiger partial charge is 0.479 e. The molecule has 3 N–H and O–H groups in total. The number of carbonyl (C=O) groups is 2. The van der Waals surface area contributed by atoms with Gasteiger partial charge < -0.3 is 20.3 Å². The lowest BCUT2D eigenvalue weighted by Crippen LogP contribution is -2.49. The molecule has 0 aromatic heterocycles. The fourth-order valence-electron chi connectivity index (χ4n) is 1.41. The van der Waals surface area contributed by atoms with Crippen LogP contribution in [0, 0.1) is 5.92 Å². The molecule has 0 spiro atoms. The van der Waals surface area contributed by atoms with E-state index in [-0.39, 0.29) is 5.92 Å². The normalized spacial score (nSPS) is 15.1. The fraction of sp³-hybridized carbons (Fsp3) is 0.833. The molecule has 0 aliphatic carbocycles. The molecule has 0 radical (unpaired) electrons. The zero-order chi connectivity index (χ0) is 14.5. The van der Waals surface area contributed by atoms with Gasteiger partial charge in [0.1, 0.15) is 5.60 Å². The van der Waals surface area contributed by atoms with Gasteiger partial charge in [-0.1, -0.05) is 13.8 Å². The molecule has 0 aliphatic heterocycles. The minimum atomic E-state index is -1.64. The first kappa shape index (κ1) is 16.7. The predicted octanol–water partition coefficient (Wildman–Crippen LogP) is 1.37. The zero-order valence-electron chi connectivity index (χ0n) is 11.6. The van der Waals surface area contributed by atoms with Gasteiger partial charge in [-0.25, -0.2) is 9.59 Å². The third-order valence-corrected chi connectivity index (χ3v) is 2.06. The van der Waals surface area contributed by atoms with Gasteiger partial charge in [-0.15, -0.1) is 0 Å². The molecule has 6 nitrogen and oxygen atoms in total. The Morgan fingerprint density at radius 1 is 1.28 bits per heavy atom. The zero-order valence-corrected chi connectivity index (χ0v) is 11.6. The van der Waals surface area contributed by atoms with Gasteiger partial charge in [0.25, 0.3) is 0 Å². The van der Waals surface area contributed by atoms with E-state index in [0.717, 1.165) is 0 Å². The Hall–Kier alpha value is -1.30. The van der Waals surface area contributed by atoms with Crippen molar-refractivity contribution in [3.05, 3.63) is 0 Å². The maximum absolute atomic E-state index is 11.5. The number of alkyl carbamates (subject to hydrolysis) is 1. The number of hydrogen-bond acceptors (Lipinski definition) is 4. The van der Waals surface area contributed by atoms with Gasteiger partial charge in [0.05, 0.1) is 6.04 Å². The van der Waals surface area contributed by atoms with Crippen LogP contribution in [0.2, 0.25) is 0 Å². The quantitative estimate of drug-likeness (QED) is 0.694. The number of aliphatic hydroxyl groups is 1. The Morgan fingerprint density at radius 2 is 1.78 bits per heavy atom. The summed E-state index contributed by atoms with van der Waals surface area (Å²) in [5, 5.41) is 20.7. The van der Waals surface area contributed by atoms with Crippen molar-refractivity contribution in [2.45, 2.75) is 58.8 Å². The number of aliphatic carboxylic acids is 1. The van der Waals surface area contributed by atoms with Gasteiger partial charge in [0.15, 0.2) is 6.10 Å². The molecule has 0 saturated carbocycles. The number of rotatable bonds is 5. The summed E-state index contributed by atoms with van der Waals surface area (Å²) in [7, 11) is 0. The van der Waals surface area contributed by atoms with E-state index in [1.807, 2.05) is 13.8 Å². The number of ether oxygens (including phenoxy) is 1. The fourth-order valence-corrected chi connectivity index (χ4v) is 1.41. The molecule has 0 rings (SSSR count). The Bertz CT molecular complexity index is 295. The van der Waals surface area contributed by atoms with E-state index >= 15 is 0 Å². The van der Waals surface area contributed by atoms with Crippen molar-refractivity contribution in [1.82, 2.24) is 5.32 Å². The average molecular weight is 261 g/mol. The summed E-state index contributed by atoms with van der Waals surface area (Å²) in [6, 6.07) is -0.864. The SMILES string of the molecule is CC(C)CC(NC(=O)OC(C)(C)C)C(O)C(=O)O. The third kappa shape index (κ3) is 7.11. The van der Waals surface area contributed by atoms with Crippen LogP contribution in [0.3, 0.4) is 0 Å². The van der Waals surface area contributed by atoms with Crippen molar-refractivity contribution in [2.24, 2.45) is 5.92 Å². The topological polar surface area (TPSA) is 95.9 Å². The lowest BCUT2D eigenvalue weighted by atomic mass is 9.99. The summed E-state index contributed by atoms with van der Waals surface area (Å²) in [4.78, 5) is 22.3. The van der Waals surface area contributed by atoms with Crippen molar-refractivity contribution in [1.29, 1.82) is 0 Å². The third-order valence-electron chi connectivity index (χ3n) is 2.06. The molecule has 0 heterocycles. The van der Waals surface area contributed by atoms with E-state index in [2.05, 4.69) is 5.32 Å². The molecule has 2 unspecified atom stereocenters. The van der Waals surface area contributed by atoms with E-state index < -0.39 is 29.8 Å². The Labute approximate surface area is 107 Å². The minimum absolute atomic E-state index is 0.138. The summed E-state index contributed by atoms with van der Waals surface area (Å²) in [5.41, 5.74) is -0.666. The molecule has 1 amide bonds. The van der Waals surface area contributed by atoms with Gasteiger partial charge in [-0.3, -0.25) is 0 Å². The average Bonchev–Trinajstić information content (AvgIpc) is 2.11. The standard InChI is InChI=1S/C12H23NO5/c1-7(2)6-8(9(14)10(15)16)13-11(17)18-12(3,4)5/h7-9,14H,6H2,1-5H3,(H,13,17)(H,15,16). The molecule has 106 valence electrons. The van der Waals surface area contributed by atoms with E-state index in [0.29, 0.717) is 6.42 Å². The summed E-state index contributed by atoms with van der Waals surface area (Å²) in [6.45, 7) is 8.86. The first-order valence-electron chi connectivity index (χ1n) is 5.93. The molecule has 0 aromatic carbocycles. The molecular formula is C12H23NO5. The van der Waals surface area contributed by atoms with Crippen molar-refractivity contribution in [2.75, 3.05) is 0 Å². The van der Waals surface area contributed by atoms with Gasteiger partial charge >= 0.3 is 12.1 Å². The highest BCUT2D eigenvalue weighted by Crippen LogP contribution is 2.11. The van der Waals surface area contributed by atoms with Gasteiger partial charge in [-0.05, 0) is 33.1 Å². The number of carboxylic acid groups (broad SMARTS) is 1. The Balaban J connectivity index is 4.59. The predicted molar refractivity (Wildman–Crippen MR) is 66.3 cm³/mol.